The van der Waals surface area contributed by atoms with Crippen molar-refractivity contribution >= 4 is 18.2 Å². The van der Waals surface area contributed by atoms with Gasteiger partial charge in [-0.2, -0.15) is 0 Å². The van der Waals surface area contributed by atoms with E-state index in [9.17, 15) is 4.79 Å². The van der Waals surface area contributed by atoms with E-state index < -0.39 is 0 Å². The summed E-state index contributed by atoms with van der Waals surface area (Å²) in [7, 11) is 0. The molecule has 1 N–H and O–H groups in total. The highest BCUT2D eigenvalue weighted by Crippen LogP contribution is 2.13. The van der Waals surface area contributed by atoms with Crippen LogP contribution in [0, 0.1) is 0 Å². The Kier molecular flexibility index (Phi) is 9.13. The van der Waals surface area contributed by atoms with E-state index >= 15 is 0 Å². The Morgan fingerprint density at radius 2 is 1.75 bits per heavy atom. The molecule has 2 aromatic carbocycles. The molecule has 24 heavy (non-hydrogen) atoms. The van der Waals surface area contributed by atoms with Crippen LogP contribution < -0.4 is 10.1 Å². The van der Waals surface area contributed by atoms with Crippen molar-refractivity contribution in [2.75, 3.05) is 13.2 Å². The number of benzene rings is 2. The average molecular weight is 348 g/mol. The predicted octanol–water partition coefficient (Wildman–Crippen LogP) is 4.30. The summed E-state index contributed by atoms with van der Waals surface area (Å²) in [6.07, 6.45) is 1.54. The maximum Gasteiger partial charge on any atom is 0.162 e. The Morgan fingerprint density at radius 1 is 1.08 bits per heavy atom. The second-order valence-corrected chi connectivity index (χ2v) is 5.69. The Hall–Kier alpha value is -1.84. The highest BCUT2D eigenvalue weighted by molar-refractivity contribution is 5.95. The van der Waals surface area contributed by atoms with Gasteiger partial charge in [0.15, 0.2) is 5.78 Å². The number of carbonyl (C=O) groups excluding carboxylic acids is 1. The van der Waals surface area contributed by atoms with E-state index in [4.69, 9.17) is 4.74 Å². The first-order chi connectivity index (χ1) is 11.2. The van der Waals surface area contributed by atoms with Crippen molar-refractivity contribution in [2.45, 2.75) is 32.7 Å². The lowest BCUT2D eigenvalue weighted by Gasteiger charge is -2.14. The number of rotatable bonds is 9. The summed E-state index contributed by atoms with van der Waals surface area (Å²) in [4.78, 5) is 11.6. The molecule has 0 aliphatic heterocycles. The van der Waals surface area contributed by atoms with E-state index in [1.807, 2.05) is 37.3 Å². The Bertz CT molecular complexity index is 599. The summed E-state index contributed by atoms with van der Waals surface area (Å²) < 4.78 is 5.70. The molecule has 0 saturated heterocycles. The minimum atomic E-state index is 0. The van der Waals surface area contributed by atoms with Crippen molar-refractivity contribution < 1.29 is 9.53 Å². The molecule has 1 atom stereocenters. The van der Waals surface area contributed by atoms with Crippen LogP contribution in [-0.4, -0.2) is 25.0 Å². The predicted molar refractivity (Wildman–Crippen MR) is 101 cm³/mol. The van der Waals surface area contributed by atoms with Crippen LogP contribution >= 0.6 is 12.4 Å². The van der Waals surface area contributed by atoms with Crippen molar-refractivity contribution in [3.63, 3.8) is 0 Å². The van der Waals surface area contributed by atoms with Gasteiger partial charge in [0.1, 0.15) is 12.4 Å². The molecule has 0 aromatic heterocycles. The third kappa shape index (κ3) is 6.73. The first-order valence-corrected chi connectivity index (χ1v) is 8.22. The van der Waals surface area contributed by atoms with Gasteiger partial charge in [-0.1, -0.05) is 37.3 Å². The monoisotopic (exact) mass is 347 g/mol. The highest BCUT2D eigenvalue weighted by Gasteiger charge is 2.04. The molecule has 0 saturated carbocycles. The van der Waals surface area contributed by atoms with Crippen LogP contribution in [0.1, 0.15) is 36.2 Å². The maximum atomic E-state index is 11.6. The number of nitrogens with one attached hydrogen (secondary N) is 1. The quantitative estimate of drug-likeness (QED) is 0.543. The molecular weight excluding hydrogens is 322 g/mol. The molecule has 0 bridgehead atoms. The van der Waals surface area contributed by atoms with Crippen LogP contribution in [-0.2, 0) is 6.42 Å². The summed E-state index contributed by atoms with van der Waals surface area (Å²) in [5, 5.41) is 3.46. The molecule has 0 heterocycles. The Morgan fingerprint density at radius 3 is 2.38 bits per heavy atom. The number of hydrogen-bond donors (Lipinski definition) is 1. The van der Waals surface area contributed by atoms with Gasteiger partial charge in [-0.3, -0.25) is 4.79 Å². The zero-order valence-electron chi connectivity index (χ0n) is 14.3. The molecule has 0 aliphatic carbocycles. The molecule has 1 unspecified atom stereocenters. The standard InChI is InChI=1S/C20H25NO2.ClH/c1-3-20(22)18-9-11-19(12-10-18)23-14-13-21-16(2)15-17-7-5-4-6-8-17;/h4-12,16,21H,3,13-15H2,1-2H3;1H. The third-order valence-electron chi connectivity index (χ3n) is 3.75. The Labute approximate surface area is 150 Å². The summed E-state index contributed by atoms with van der Waals surface area (Å²) in [5.41, 5.74) is 2.08. The van der Waals surface area contributed by atoms with Gasteiger partial charge in [-0.05, 0) is 43.2 Å². The molecule has 0 radical (unpaired) electrons. The Balaban J connectivity index is 0.00000288. The molecule has 0 fully saturated rings. The molecule has 0 spiro atoms. The number of halogens is 1. The molecule has 0 amide bonds. The molecule has 130 valence electrons. The van der Waals surface area contributed by atoms with Crippen LogP contribution in [0.2, 0.25) is 0 Å². The fourth-order valence-corrected chi connectivity index (χ4v) is 2.46. The van der Waals surface area contributed by atoms with Crippen molar-refractivity contribution in [3.8, 4) is 5.75 Å². The molecule has 0 aliphatic rings. The zero-order chi connectivity index (χ0) is 16.5. The van der Waals surface area contributed by atoms with Crippen LogP contribution in [0.3, 0.4) is 0 Å². The van der Waals surface area contributed by atoms with Crippen LogP contribution in [0.15, 0.2) is 54.6 Å². The van der Waals surface area contributed by atoms with E-state index in [2.05, 4.69) is 36.5 Å². The van der Waals surface area contributed by atoms with Crippen molar-refractivity contribution in [3.05, 3.63) is 65.7 Å². The number of ether oxygens (including phenoxy) is 1. The van der Waals surface area contributed by atoms with Crippen LogP contribution in [0.4, 0.5) is 0 Å². The average Bonchev–Trinajstić information content (AvgIpc) is 2.59. The summed E-state index contributed by atoms with van der Waals surface area (Å²) in [6, 6.07) is 18.2. The first kappa shape index (κ1) is 20.2. The van der Waals surface area contributed by atoms with E-state index in [1.54, 1.807) is 0 Å². The van der Waals surface area contributed by atoms with Gasteiger partial charge in [-0.15, -0.1) is 12.4 Å². The molecule has 2 rings (SSSR count). The van der Waals surface area contributed by atoms with Gasteiger partial charge in [0.05, 0.1) is 0 Å². The van der Waals surface area contributed by atoms with Crippen molar-refractivity contribution in [1.29, 1.82) is 0 Å². The van der Waals surface area contributed by atoms with E-state index in [0.717, 1.165) is 24.3 Å². The zero-order valence-corrected chi connectivity index (χ0v) is 15.1. The van der Waals surface area contributed by atoms with Crippen LogP contribution in [0.5, 0.6) is 5.75 Å². The van der Waals surface area contributed by atoms with Crippen molar-refractivity contribution in [2.24, 2.45) is 0 Å². The lowest BCUT2D eigenvalue weighted by atomic mass is 10.1. The first-order valence-electron chi connectivity index (χ1n) is 8.22. The molecular formula is C20H26ClNO2. The fraction of sp³-hybridized carbons (Fsp3) is 0.350. The number of Topliss-reactive ketones (excluding diaryl/α,β-unsaturated/α-hetero) is 1. The van der Waals surface area contributed by atoms with Gasteiger partial charge in [0, 0.05) is 24.6 Å². The SMILES string of the molecule is CCC(=O)c1ccc(OCCNC(C)Cc2ccccc2)cc1.Cl. The smallest absolute Gasteiger partial charge is 0.162 e. The summed E-state index contributed by atoms with van der Waals surface area (Å²) in [6.45, 7) is 5.46. The van der Waals surface area contributed by atoms with E-state index in [-0.39, 0.29) is 18.2 Å². The topological polar surface area (TPSA) is 38.3 Å². The van der Waals surface area contributed by atoms with Gasteiger partial charge >= 0.3 is 0 Å². The lowest BCUT2D eigenvalue weighted by molar-refractivity contribution is 0.0988. The third-order valence-corrected chi connectivity index (χ3v) is 3.75. The minimum Gasteiger partial charge on any atom is -0.492 e. The molecule has 3 nitrogen and oxygen atoms in total. The maximum absolute atomic E-state index is 11.6. The summed E-state index contributed by atoms with van der Waals surface area (Å²) >= 11 is 0. The molecule has 2 aromatic rings. The van der Waals surface area contributed by atoms with Gasteiger partial charge < -0.3 is 10.1 Å². The van der Waals surface area contributed by atoms with Gasteiger partial charge in [-0.25, -0.2) is 0 Å². The largest absolute Gasteiger partial charge is 0.492 e. The minimum absolute atomic E-state index is 0. The van der Waals surface area contributed by atoms with E-state index in [1.165, 1.54) is 5.56 Å². The number of ketones is 1. The highest BCUT2D eigenvalue weighted by atomic mass is 35.5. The van der Waals surface area contributed by atoms with E-state index in [0.29, 0.717) is 19.1 Å². The lowest BCUT2D eigenvalue weighted by Crippen LogP contribution is -2.31. The number of carbonyl (C=O) groups is 1. The number of hydrogen-bond acceptors (Lipinski definition) is 3. The van der Waals surface area contributed by atoms with Crippen molar-refractivity contribution in [1.82, 2.24) is 5.32 Å². The van der Waals surface area contributed by atoms with Gasteiger partial charge in [0.2, 0.25) is 0 Å². The second-order valence-electron chi connectivity index (χ2n) is 5.69. The summed E-state index contributed by atoms with van der Waals surface area (Å²) in [5.74, 6) is 0.961. The fourth-order valence-electron chi connectivity index (χ4n) is 2.46. The van der Waals surface area contributed by atoms with Crippen LogP contribution in [0.25, 0.3) is 0 Å². The normalized spacial score (nSPS) is 11.4. The second kappa shape index (κ2) is 10.8. The molecule has 4 heteroatoms. The van der Waals surface area contributed by atoms with Gasteiger partial charge in [0.25, 0.3) is 0 Å².